The standard InChI is InChI=1S/C15H29NO2/c1-2-3-4-5-6-7-8-9-15(14(17)18)10-12-16-13-11-15/h16H,2-13H2,1H3,(H,17,18). The summed E-state index contributed by atoms with van der Waals surface area (Å²) < 4.78 is 0. The number of aliphatic carboxylic acids is 1. The van der Waals surface area contributed by atoms with Gasteiger partial charge in [-0.05, 0) is 32.4 Å². The van der Waals surface area contributed by atoms with E-state index in [1.165, 1.54) is 38.5 Å². The number of carboxylic acids is 1. The molecule has 1 aliphatic rings. The Hall–Kier alpha value is -0.570. The Labute approximate surface area is 111 Å². The Morgan fingerprint density at radius 1 is 1.06 bits per heavy atom. The molecule has 3 heteroatoms. The van der Waals surface area contributed by atoms with Crippen LogP contribution in [-0.2, 0) is 4.79 Å². The van der Waals surface area contributed by atoms with Gasteiger partial charge >= 0.3 is 5.97 Å². The summed E-state index contributed by atoms with van der Waals surface area (Å²) in [5.74, 6) is -0.574. The summed E-state index contributed by atoms with van der Waals surface area (Å²) in [6.45, 7) is 3.96. The van der Waals surface area contributed by atoms with E-state index < -0.39 is 11.4 Å². The number of carboxylic acid groups (broad SMARTS) is 1. The minimum Gasteiger partial charge on any atom is -0.481 e. The minimum absolute atomic E-state index is 0.422. The second kappa shape index (κ2) is 8.52. The second-order valence-corrected chi connectivity index (χ2v) is 5.71. The molecule has 0 bridgehead atoms. The molecule has 1 heterocycles. The molecule has 106 valence electrons. The van der Waals surface area contributed by atoms with Gasteiger partial charge in [-0.2, -0.15) is 0 Å². The Kier molecular flexibility index (Phi) is 7.33. The molecule has 2 N–H and O–H groups in total. The first-order chi connectivity index (χ1) is 8.71. The highest BCUT2D eigenvalue weighted by atomic mass is 16.4. The topological polar surface area (TPSA) is 49.3 Å². The maximum atomic E-state index is 11.5. The maximum Gasteiger partial charge on any atom is 0.309 e. The SMILES string of the molecule is CCCCCCCCCC1(C(=O)O)CCNCC1. The summed E-state index contributed by atoms with van der Waals surface area (Å²) in [5, 5.41) is 12.7. The first-order valence-corrected chi connectivity index (χ1v) is 7.65. The van der Waals surface area contributed by atoms with Crippen LogP contribution in [0.4, 0.5) is 0 Å². The van der Waals surface area contributed by atoms with E-state index in [1.807, 2.05) is 0 Å². The Bertz CT molecular complexity index is 235. The molecule has 3 nitrogen and oxygen atoms in total. The predicted octanol–water partition coefficient (Wildman–Crippen LogP) is 3.58. The lowest BCUT2D eigenvalue weighted by Gasteiger charge is -2.33. The van der Waals surface area contributed by atoms with E-state index in [9.17, 15) is 9.90 Å². The molecule has 0 aromatic carbocycles. The fourth-order valence-corrected chi connectivity index (χ4v) is 2.90. The minimum atomic E-state index is -0.574. The number of carbonyl (C=O) groups is 1. The van der Waals surface area contributed by atoms with E-state index in [0.717, 1.165) is 38.8 Å². The van der Waals surface area contributed by atoms with Crippen molar-refractivity contribution in [2.75, 3.05) is 13.1 Å². The average Bonchev–Trinajstić information content (AvgIpc) is 2.38. The van der Waals surface area contributed by atoms with Crippen molar-refractivity contribution in [1.82, 2.24) is 5.32 Å². The van der Waals surface area contributed by atoms with Crippen LogP contribution in [0.2, 0.25) is 0 Å². The van der Waals surface area contributed by atoms with Gasteiger partial charge < -0.3 is 10.4 Å². The van der Waals surface area contributed by atoms with Crippen LogP contribution in [0.15, 0.2) is 0 Å². The van der Waals surface area contributed by atoms with Gasteiger partial charge in [0.25, 0.3) is 0 Å². The van der Waals surface area contributed by atoms with Crippen molar-refractivity contribution < 1.29 is 9.90 Å². The zero-order chi connectivity index (χ0) is 13.3. The Morgan fingerprint density at radius 2 is 1.61 bits per heavy atom. The summed E-state index contributed by atoms with van der Waals surface area (Å²) in [5.41, 5.74) is -0.422. The summed E-state index contributed by atoms with van der Waals surface area (Å²) in [7, 11) is 0. The number of hydrogen-bond acceptors (Lipinski definition) is 2. The van der Waals surface area contributed by atoms with Crippen LogP contribution in [0.1, 0.15) is 71.1 Å². The molecule has 0 amide bonds. The normalized spacial score (nSPS) is 18.7. The zero-order valence-electron chi connectivity index (χ0n) is 11.8. The van der Waals surface area contributed by atoms with Crippen molar-refractivity contribution in [1.29, 1.82) is 0 Å². The van der Waals surface area contributed by atoms with E-state index in [4.69, 9.17) is 0 Å². The van der Waals surface area contributed by atoms with Gasteiger partial charge in [-0.1, -0.05) is 51.9 Å². The third-order valence-electron chi connectivity index (χ3n) is 4.27. The van der Waals surface area contributed by atoms with E-state index in [2.05, 4.69) is 12.2 Å². The smallest absolute Gasteiger partial charge is 0.309 e. The van der Waals surface area contributed by atoms with Gasteiger partial charge in [-0.25, -0.2) is 0 Å². The number of nitrogens with one attached hydrogen (secondary N) is 1. The van der Waals surface area contributed by atoms with Crippen LogP contribution < -0.4 is 5.32 Å². The highest BCUT2D eigenvalue weighted by Gasteiger charge is 2.38. The molecule has 1 saturated heterocycles. The molecule has 1 aliphatic heterocycles. The van der Waals surface area contributed by atoms with Gasteiger partial charge in [0.05, 0.1) is 5.41 Å². The van der Waals surface area contributed by atoms with Crippen LogP contribution >= 0.6 is 0 Å². The van der Waals surface area contributed by atoms with Crippen LogP contribution in [0, 0.1) is 5.41 Å². The molecule has 0 aliphatic carbocycles. The van der Waals surface area contributed by atoms with Crippen molar-refractivity contribution >= 4 is 5.97 Å². The molecular formula is C15H29NO2. The van der Waals surface area contributed by atoms with Gasteiger partial charge in [0.1, 0.15) is 0 Å². The van der Waals surface area contributed by atoms with Gasteiger partial charge in [-0.3, -0.25) is 4.79 Å². The first kappa shape index (κ1) is 15.5. The molecule has 0 saturated carbocycles. The van der Waals surface area contributed by atoms with Crippen molar-refractivity contribution in [3.8, 4) is 0 Å². The zero-order valence-corrected chi connectivity index (χ0v) is 11.8. The number of unbranched alkanes of at least 4 members (excludes halogenated alkanes) is 6. The van der Waals surface area contributed by atoms with E-state index >= 15 is 0 Å². The Morgan fingerprint density at radius 3 is 2.17 bits per heavy atom. The van der Waals surface area contributed by atoms with Crippen molar-refractivity contribution in [3.05, 3.63) is 0 Å². The molecule has 0 unspecified atom stereocenters. The summed E-state index contributed by atoms with van der Waals surface area (Å²) in [4.78, 5) is 11.5. The summed E-state index contributed by atoms with van der Waals surface area (Å²) in [6, 6.07) is 0. The number of hydrogen-bond donors (Lipinski definition) is 2. The van der Waals surface area contributed by atoms with E-state index in [-0.39, 0.29) is 0 Å². The molecule has 0 radical (unpaired) electrons. The third kappa shape index (κ3) is 4.97. The summed E-state index contributed by atoms with van der Waals surface area (Å²) >= 11 is 0. The molecule has 0 spiro atoms. The van der Waals surface area contributed by atoms with E-state index in [1.54, 1.807) is 0 Å². The van der Waals surface area contributed by atoms with Crippen LogP contribution in [0.5, 0.6) is 0 Å². The fourth-order valence-electron chi connectivity index (χ4n) is 2.90. The monoisotopic (exact) mass is 255 g/mol. The molecule has 0 aromatic heterocycles. The lowest BCUT2D eigenvalue weighted by molar-refractivity contribution is -0.151. The molecule has 1 rings (SSSR count). The van der Waals surface area contributed by atoms with Crippen LogP contribution in [0.3, 0.4) is 0 Å². The number of rotatable bonds is 9. The predicted molar refractivity (Wildman–Crippen MR) is 74.8 cm³/mol. The van der Waals surface area contributed by atoms with Crippen LogP contribution in [0.25, 0.3) is 0 Å². The highest BCUT2D eigenvalue weighted by Crippen LogP contribution is 2.35. The quantitative estimate of drug-likeness (QED) is 0.619. The number of piperidine rings is 1. The molecule has 0 aromatic rings. The van der Waals surface area contributed by atoms with Gasteiger partial charge in [0.2, 0.25) is 0 Å². The van der Waals surface area contributed by atoms with Crippen molar-refractivity contribution in [2.45, 2.75) is 71.1 Å². The van der Waals surface area contributed by atoms with Gasteiger partial charge in [0.15, 0.2) is 0 Å². The van der Waals surface area contributed by atoms with Crippen molar-refractivity contribution in [3.63, 3.8) is 0 Å². The van der Waals surface area contributed by atoms with Gasteiger partial charge in [-0.15, -0.1) is 0 Å². The largest absolute Gasteiger partial charge is 0.481 e. The average molecular weight is 255 g/mol. The highest BCUT2D eigenvalue weighted by molar-refractivity contribution is 5.74. The first-order valence-electron chi connectivity index (χ1n) is 7.65. The van der Waals surface area contributed by atoms with Gasteiger partial charge in [0, 0.05) is 0 Å². The fraction of sp³-hybridized carbons (Fsp3) is 0.933. The second-order valence-electron chi connectivity index (χ2n) is 5.71. The van der Waals surface area contributed by atoms with Crippen LogP contribution in [-0.4, -0.2) is 24.2 Å². The van der Waals surface area contributed by atoms with E-state index in [0.29, 0.717) is 0 Å². The lowest BCUT2D eigenvalue weighted by atomic mass is 9.75. The Balaban J connectivity index is 2.16. The lowest BCUT2D eigenvalue weighted by Crippen LogP contribution is -2.42. The third-order valence-corrected chi connectivity index (χ3v) is 4.27. The molecule has 0 atom stereocenters. The molecular weight excluding hydrogens is 226 g/mol. The summed E-state index contributed by atoms with van der Waals surface area (Å²) in [6.07, 6.45) is 11.3. The maximum absolute atomic E-state index is 11.5. The molecule has 1 fully saturated rings. The van der Waals surface area contributed by atoms with Crippen molar-refractivity contribution in [2.24, 2.45) is 5.41 Å². The molecule has 18 heavy (non-hydrogen) atoms.